The van der Waals surface area contributed by atoms with E-state index in [0.717, 1.165) is 35.1 Å². The molecule has 1 amide bonds. The van der Waals surface area contributed by atoms with Gasteiger partial charge in [-0.15, -0.1) is 11.3 Å². The van der Waals surface area contributed by atoms with Crippen LogP contribution in [-0.4, -0.2) is 52.3 Å². The van der Waals surface area contributed by atoms with Crippen LogP contribution in [-0.2, 0) is 11.3 Å². The van der Waals surface area contributed by atoms with Crippen LogP contribution in [0.4, 0.5) is 0 Å². The molecule has 1 saturated heterocycles. The number of hydrogen-bond acceptors (Lipinski definition) is 6. The predicted octanol–water partition coefficient (Wildman–Crippen LogP) is 4.41. The molecular weight excluding hydrogens is 442 g/mol. The number of carbonyl (C=O) groups excluding carboxylic acids is 1. The van der Waals surface area contributed by atoms with E-state index in [-0.39, 0.29) is 11.9 Å². The van der Waals surface area contributed by atoms with E-state index in [1.807, 2.05) is 40.3 Å². The molecule has 1 fully saturated rings. The van der Waals surface area contributed by atoms with Crippen LogP contribution in [0.15, 0.2) is 41.8 Å². The number of likely N-dealkylation sites (tertiary alicyclic amines) is 1. The number of aromatic nitrogens is 3. The number of methoxy groups -OCH3 is 1. The van der Waals surface area contributed by atoms with Crippen molar-refractivity contribution in [2.24, 2.45) is 0 Å². The Labute approximate surface area is 197 Å². The fourth-order valence-corrected chi connectivity index (χ4v) is 5.18. The summed E-state index contributed by atoms with van der Waals surface area (Å²) in [5.74, 6) is 1.64. The van der Waals surface area contributed by atoms with Crippen molar-refractivity contribution in [1.29, 1.82) is 0 Å². The third-order valence-corrected chi connectivity index (χ3v) is 7.06. The van der Waals surface area contributed by atoms with Gasteiger partial charge >= 0.3 is 0 Å². The molecule has 9 heteroatoms. The maximum atomic E-state index is 12.8. The molecule has 0 radical (unpaired) electrons. The molecule has 32 heavy (non-hydrogen) atoms. The van der Waals surface area contributed by atoms with Gasteiger partial charge in [0.1, 0.15) is 5.75 Å². The van der Waals surface area contributed by atoms with E-state index in [4.69, 9.17) is 17.0 Å². The largest absolute Gasteiger partial charge is 0.496 e. The van der Waals surface area contributed by atoms with E-state index in [2.05, 4.69) is 26.5 Å². The van der Waals surface area contributed by atoms with Crippen molar-refractivity contribution in [2.75, 3.05) is 26.7 Å². The topological polar surface area (TPSA) is 75.2 Å². The number of rotatable bonds is 9. The second-order valence-electron chi connectivity index (χ2n) is 7.89. The number of ether oxygens (including phenoxy) is 1. The molecule has 0 bridgehead atoms. The first-order valence-corrected chi connectivity index (χ1v) is 12.3. The Morgan fingerprint density at radius 1 is 1.25 bits per heavy atom. The van der Waals surface area contributed by atoms with Gasteiger partial charge in [0.15, 0.2) is 10.6 Å². The van der Waals surface area contributed by atoms with Crippen LogP contribution >= 0.6 is 23.6 Å². The van der Waals surface area contributed by atoms with Gasteiger partial charge in [0.25, 0.3) is 0 Å². The second-order valence-corrected chi connectivity index (χ2v) is 9.22. The Morgan fingerprint density at radius 3 is 2.81 bits per heavy atom. The van der Waals surface area contributed by atoms with Gasteiger partial charge in [0, 0.05) is 25.1 Å². The number of hydrogen-bond donors (Lipinski definition) is 2. The highest BCUT2D eigenvalue weighted by atomic mass is 32.1. The van der Waals surface area contributed by atoms with Gasteiger partial charge in [-0.3, -0.25) is 19.4 Å². The van der Waals surface area contributed by atoms with E-state index >= 15 is 0 Å². The summed E-state index contributed by atoms with van der Waals surface area (Å²) in [6, 6.07) is 12.2. The molecule has 3 aromatic rings. The average molecular weight is 472 g/mol. The monoisotopic (exact) mass is 471 g/mol. The molecule has 1 unspecified atom stereocenters. The summed E-state index contributed by atoms with van der Waals surface area (Å²) < 4.78 is 8.04. The van der Waals surface area contributed by atoms with E-state index in [9.17, 15) is 4.79 Å². The summed E-state index contributed by atoms with van der Waals surface area (Å²) in [6.45, 7) is 3.10. The molecule has 1 aliphatic rings. The lowest BCUT2D eigenvalue weighted by Gasteiger charge is -2.35. The number of H-pyrrole nitrogens is 1. The maximum Gasteiger partial charge on any atom is 0.221 e. The SMILES string of the molecule is COc1ccccc1C(CNC(=O)CCn1c(-c2cccs2)n[nH]c1=S)N1CCCCC1. The van der Waals surface area contributed by atoms with Crippen molar-refractivity contribution < 1.29 is 9.53 Å². The van der Waals surface area contributed by atoms with Gasteiger partial charge in [-0.25, -0.2) is 0 Å². The van der Waals surface area contributed by atoms with Crippen molar-refractivity contribution in [3.63, 3.8) is 0 Å². The molecule has 7 nitrogen and oxygen atoms in total. The normalized spacial score (nSPS) is 15.4. The van der Waals surface area contributed by atoms with E-state index < -0.39 is 0 Å². The Bertz CT molecular complexity index is 1070. The highest BCUT2D eigenvalue weighted by Gasteiger charge is 2.25. The third kappa shape index (κ3) is 5.28. The molecule has 2 aromatic heterocycles. The van der Waals surface area contributed by atoms with Gasteiger partial charge in [0.05, 0.1) is 18.0 Å². The predicted molar refractivity (Wildman–Crippen MR) is 130 cm³/mol. The van der Waals surface area contributed by atoms with Crippen LogP contribution < -0.4 is 10.1 Å². The molecule has 1 aliphatic heterocycles. The minimum absolute atomic E-state index is 0.00198. The Morgan fingerprint density at radius 2 is 2.06 bits per heavy atom. The molecule has 0 spiro atoms. The van der Waals surface area contributed by atoms with E-state index in [1.165, 1.54) is 19.3 Å². The van der Waals surface area contributed by atoms with Crippen molar-refractivity contribution in [2.45, 2.75) is 38.3 Å². The standard InChI is InChI=1S/C23H29N5O2S2/c1-30-19-9-4-3-8-17(19)18(27-12-5-2-6-13-27)16-24-21(29)11-14-28-22(25-26-23(28)31)20-10-7-15-32-20/h3-4,7-10,15,18H,2,5-6,11-14,16H2,1H3,(H,24,29)(H,26,31). The van der Waals surface area contributed by atoms with Crippen LogP contribution in [0, 0.1) is 4.77 Å². The molecule has 2 N–H and O–H groups in total. The number of thiophene rings is 1. The maximum absolute atomic E-state index is 12.8. The summed E-state index contributed by atoms with van der Waals surface area (Å²) in [6.07, 6.45) is 3.97. The highest BCUT2D eigenvalue weighted by molar-refractivity contribution is 7.71. The third-order valence-electron chi connectivity index (χ3n) is 5.88. The molecule has 1 aromatic carbocycles. The molecule has 4 rings (SSSR count). The zero-order valence-corrected chi connectivity index (χ0v) is 19.9. The average Bonchev–Trinajstić information content (AvgIpc) is 3.48. The zero-order chi connectivity index (χ0) is 22.3. The van der Waals surface area contributed by atoms with Crippen LogP contribution in [0.2, 0.25) is 0 Å². The van der Waals surface area contributed by atoms with Crippen LogP contribution in [0.5, 0.6) is 5.75 Å². The Balaban J connectivity index is 1.42. The molecule has 170 valence electrons. The first kappa shape index (κ1) is 22.7. The minimum atomic E-state index is 0.00198. The summed E-state index contributed by atoms with van der Waals surface area (Å²) in [5, 5.41) is 12.3. The van der Waals surface area contributed by atoms with E-state index in [0.29, 0.717) is 24.3 Å². The summed E-state index contributed by atoms with van der Waals surface area (Å²) in [4.78, 5) is 16.3. The lowest BCUT2D eigenvalue weighted by atomic mass is 10.0. The van der Waals surface area contributed by atoms with E-state index in [1.54, 1.807) is 18.4 Å². The van der Waals surface area contributed by atoms with Crippen molar-refractivity contribution in [3.05, 3.63) is 52.1 Å². The second kappa shape index (κ2) is 10.9. The first-order chi connectivity index (χ1) is 15.7. The minimum Gasteiger partial charge on any atom is -0.496 e. The number of para-hydroxylation sites is 1. The molecular formula is C23H29N5O2S2. The fraction of sp³-hybridized carbons (Fsp3) is 0.435. The number of piperidine rings is 1. The molecule has 0 aliphatic carbocycles. The van der Waals surface area contributed by atoms with Crippen LogP contribution in [0.3, 0.4) is 0 Å². The van der Waals surface area contributed by atoms with Crippen molar-refractivity contribution in [1.82, 2.24) is 25.0 Å². The van der Waals surface area contributed by atoms with Crippen LogP contribution in [0.25, 0.3) is 10.7 Å². The molecule has 1 atom stereocenters. The van der Waals surface area contributed by atoms with Gasteiger partial charge in [-0.2, -0.15) is 5.10 Å². The number of carbonyl (C=O) groups is 1. The molecule has 3 heterocycles. The molecule has 0 saturated carbocycles. The Kier molecular flexibility index (Phi) is 7.72. The smallest absolute Gasteiger partial charge is 0.221 e. The highest BCUT2D eigenvalue weighted by Crippen LogP contribution is 2.31. The Hall–Kier alpha value is -2.49. The fourth-order valence-electron chi connectivity index (χ4n) is 4.24. The summed E-state index contributed by atoms with van der Waals surface area (Å²) in [5.41, 5.74) is 1.12. The lowest BCUT2D eigenvalue weighted by molar-refractivity contribution is -0.121. The van der Waals surface area contributed by atoms with Gasteiger partial charge in [-0.1, -0.05) is 30.7 Å². The summed E-state index contributed by atoms with van der Waals surface area (Å²) in [7, 11) is 1.70. The summed E-state index contributed by atoms with van der Waals surface area (Å²) >= 11 is 6.98. The van der Waals surface area contributed by atoms with Crippen molar-refractivity contribution in [3.8, 4) is 16.5 Å². The van der Waals surface area contributed by atoms with Gasteiger partial charge in [-0.05, 0) is 55.7 Å². The van der Waals surface area contributed by atoms with Crippen molar-refractivity contribution >= 4 is 29.5 Å². The van der Waals surface area contributed by atoms with Crippen LogP contribution in [0.1, 0.15) is 37.3 Å². The van der Waals surface area contributed by atoms with Gasteiger partial charge in [0.2, 0.25) is 5.91 Å². The quantitative estimate of drug-likeness (QED) is 0.452. The number of nitrogens with zero attached hydrogens (tertiary/aromatic N) is 3. The number of benzene rings is 1. The number of aromatic amines is 1. The zero-order valence-electron chi connectivity index (χ0n) is 18.3. The lowest BCUT2D eigenvalue weighted by Crippen LogP contribution is -2.41. The first-order valence-electron chi connectivity index (χ1n) is 11.0. The van der Waals surface area contributed by atoms with Gasteiger partial charge < -0.3 is 10.1 Å². The number of amides is 1. The number of nitrogens with one attached hydrogen (secondary N) is 2.